The molecule has 0 aliphatic carbocycles. The molecule has 8 nitrogen and oxygen atoms in total. The van der Waals surface area contributed by atoms with Gasteiger partial charge in [-0.2, -0.15) is 0 Å². The third kappa shape index (κ3) is 4.77. The fraction of sp³-hybridized carbons (Fsp3) is 0.182. The van der Waals surface area contributed by atoms with E-state index in [9.17, 15) is 9.18 Å². The molecule has 0 saturated heterocycles. The van der Waals surface area contributed by atoms with Gasteiger partial charge in [-0.3, -0.25) is 10.1 Å². The summed E-state index contributed by atoms with van der Waals surface area (Å²) < 4.78 is 26.0. The van der Waals surface area contributed by atoms with Crippen LogP contribution >= 0.6 is 0 Å². The van der Waals surface area contributed by atoms with Crippen LogP contribution in [0.2, 0.25) is 0 Å². The fourth-order valence-corrected chi connectivity index (χ4v) is 2.92. The molecule has 4 rings (SSSR count). The van der Waals surface area contributed by atoms with E-state index in [2.05, 4.69) is 20.6 Å². The van der Waals surface area contributed by atoms with Gasteiger partial charge in [0.1, 0.15) is 18.7 Å². The Labute approximate surface area is 177 Å². The molecule has 0 spiro atoms. The lowest BCUT2D eigenvalue weighted by atomic mass is 10.1. The van der Waals surface area contributed by atoms with E-state index in [0.29, 0.717) is 17.9 Å². The predicted octanol–water partition coefficient (Wildman–Crippen LogP) is 3.90. The van der Waals surface area contributed by atoms with Crippen LogP contribution in [0.3, 0.4) is 0 Å². The lowest BCUT2D eigenvalue weighted by Crippen LogP contribution is -2.16. The number of amides is 1. The van der Waals surface area contributed by atoms with Gasteiger partial charge in [-0.05, 0) is 31.5 Å². The molecule has 31 heavy (non-hydrogen) atoms. The van der Waals surface area contributed by atoms with Crippen LogP contribution in [0.5, 0.6) is 5.75 Å². The summed E-state index contributed by atoms with van der Waals surface area (Å²) >= 11 is 0. The first kappa shape index (κ1) is 20.3. The molecule has 0 fully saturated rings. The molecule has 0 bridgehead atoms. The molecular weight excluding hydrogens is 401 g/mol. The van der Waals surface area contributed by atoms with E-state index in [0.717, 1.165) is 5.56 Å². The zero-order valence-corrected chi connectivity index (χ0v) is 17.0. The summed E-state index contributed by atoms with van der Waals surface area (Å²) in [5.74, 6) is -0.424. The Kier molecular flexibility index (Phi) is 5.74. The van der Waals surface area contributed by atoms with E-state index in [-0.39, 0.29) is 24.0 Å². The molecular formula is C22H20FN5O3. The second-order valence-electron chi connectivity index (χ2n) is 6.99. The van der Waals surface area contributed by atoms with E-state index in [4.69, 9.17) is 9.26 Å². The number of aromatic nitrogens is 4. The molecule has 2 aromatic heterocycles. The Morgan fingerprint density at radius 1 is 1.16 bits per heavy atom. The molecule has 0 aliphatic rings. The van der Waals surface area contributed by atoms with Gasteiger partial charge in [-0.15, -0.1) is 5.10 Å². The highest BCUT2D eigenvalue weighted by Gasteiger charge is 2.22. The van der Waals surface area contributed by atoms with Gasteiger partial charge in [0.15, 0.2) is 17.3 Å². The summed E-state index contributed by atoms with van der Waals surface area (Å²) in [6.07, 6.45) is 1.53. The summed E-state index contributed by atoms with van der Waals surface area (Å²) in [7, 11) is 0. The SMILES string of the molecule is Cc1ccc(Cn2cnc(NC(=O)c3noc(C)c3COc3ccccc3F)n2)cc1. The molecule has 0 radical (unpaired) electrons. The van der Waals surface area contributed by atoms with E-state index in [1.807, 2.05) is 31.2 Å². The molecule has 158 valence electrons. The van der Waals surface area contributed by atoms with Crippen LogP contribution in [0, 0.1) is 19.7 Å². The molecule has 0 unspecified atom stereocenters. The first-order valence-corrected chi connectivity index (χ1v) is 9.58. The smallest absolute Gasteiger partial charge is 0.280 e. The number of rotatable bonds is 7. The van der Waals surface area contributed by atoms with Crippen LogP contribution in [-0.2, 0) is 13.2 Å². The predicted molar refractivity (Wildman–Crippen MR) is 110 cm³/mol. The number of hydrogen-bond donors (Lipinski definition) is 1. The number of nitrogens with one attached hydrogen (secondary N) is 1. The van der Waals surface area contributed by atoms with Crippen molar-refractivity contribution < 1.29 is 18.4 Å². The number of hydrogen-bond acceptors (Lipinski definition) is 6. The van der Waals surface area contributed by atoms with Crippen LogP contribution in [-0.4, -0.2) is 25.8 Å². The van der Waals surface area contributed by atoms with Gasteiger partial charge < -0.3 is 9.26 Å². The van der Waals surface area contributed by atoms with Crippen LogP contribution in [0.1, 0.15) is 32.9 Å². The maximum atomic E-state index is 13.8. The average Bonchev–Trinajstić information content (AvgIpc) is 3.35. The standard InChI is InChI=1S/C22H20FN5O3/c1-14-7-9-16(10-8-14)11-28-13-24-22(26-28)25-21(29)20-17(15(2)31-27-20)12-30-19-6-4-3-5-18(19)23/h3-10,13H,11-12H2,1-2H3,(H,25,26,29). The van der Waals surface area contributed by atoms with Crippen LogP contribution < -0.4 is 10.1 Å². The Morgan fingerprint density at radius 3 is 2.71 bits per heavy atom. The Morgan fingerprint density at radius 2 is 1.94 bits per heavy atom. The summed E-state index contributed by atoms with van der Waals surface area (Å²) in [5.41, 5.74) is 2.68. The first-order valence-electron chi connectivity index (χ1n) is 9.58. The maximum Gasteiger partial charge on any atom is 0.280 e. The largest absolute Gasteiger partial charge is 0.486 e. The number of ether oxygens (including phenoxy) is 1. The van der Waals surface area contributed by atoms with Gasteiger partial charge in [-0.1, -0.05) is 47.1 Å². The highest BCUT2D eigenvalue weighted by molar-refractivity contribution is 6.02. The van der Waals surface area contributed by atoms with Gasteiger partial charge in [0, 0.05) is 0 Å². The average molecular weight is 421 g/mol. The minimum Gasteiger partial charge on any atom is -0.486 e. The fourth-order valence-electron chi connectivity index (χ4n) is 2.92. The highest BCUT2D eigenvalue weighted by atomic mass is 19.1. The molecule has 0 atom stereocenters. The Balaban J connectivity index is 1.43. The Hall–Kier alpha value is -4.01. The molecule has 2 aromatic carbocycles. The maximum absolute atomic E-state index is 13.8. The first-order chi connectivity index (χ1) is 15.0. The van der Waals surface area contributed by atoms with Crippen molar-refractivity contribution in [2.45, 2.75) is 27.0 Å². The van der Waals surface area contributed by atoms with Gasteiger partial charge >= 0.3 is 0 Å². The van der Waals surface area contributed by atoms with E-state index >= 15 is 0 Å². The molecule has 9 heteroatoms. The van der Waals surface area contributed by atoms with Crippen molar-refractivity contribution in [1.29, 1.82) is 0 Å². The summed E-state index contributed by atoms with van der Waals surface area (Å²) in [4.78, 5) is 16.8. The van der Waals surface area contributed by atoms with Crippen molar-refractivity contribution in [2.24, 2.45) is 0 Å². The second kappa shape index (κ2) is 8.78. The number of halogens is 1. The molecule has 0 saturated carbocycles. The van der Waals surface area contributed by atoms with Gasteiger partial charge in [-0.25, -0.2) is 14.1 Å². The van der Waals surface area contributed by atoms with Crippen molar-refractivity contribution in [3.63, 3.8) is 0 Å². The quantitative estimate of drug-likeness (QED) is 0.486. The number of benzene rings is 2. The second-order valence-corrected chi connectivity index (χ2v) is 6.99. The number of carbonyl (C=O) groups is 1. The highest BCUT2D eigenvalue weighted by Crippen LogP contribution is 2.21. The summed E-state index contributed by atoms with van der Waals surface area (Å²) in [5, 5.41) is 10.7. The third-order valence-electron chi connectivity index (χ3n) is 4.64. The summed E-state index contributed by atoms with van der Waals surface area (Å²) in [6, 6.07) is 14.1. The zero-order valence-electron chi connectivity index (χ0n) is 17.0. The Bertz CT molecular complexity index is 1200. The summed E-state index contributed by atoms with van der Waals surface area (Å²) in [6.45, 7) is 4.12. The van der Waals surface area contributed by atoms with Crippen molar-refractivity contribution in [3.05, 3.63) is 88.8 Å². The number of nitrogens with zero attached hydrogens (tertiary/aromatic N) is 4. The van der Waals surface area contributed by atoms with Crippen LogP contribution in [0.15, 0.2) is 59.4 Å². The zero-order chi connectivity index (χ0) is 21.8. The van der Waals surface area contributed by atoms with Gasteiger partial charge in [0.05, 0.1) is 12.1 Å². The number of anilines is 1. The van der Waals surface area contributed by atoms with E-state index < -0.39 is 11.7 Å². The lowest BCUT2D eigenvalue weighted by Gasteiger charge is -2.07. The lowest BCUT2D eigenvalue weighted by molar-refractivity contribution is 0.101. The van der Waals surface area contributed by atoms with Gasteiger partial charge in [0.2, 0.25) is 5.95 Å². The number of aryl methyl sites for hydroxylation is 2. The molecule has 1 amide bonds. The monoisotopic (exact) mass is 421 g/mol. The molecule has 0 aliphatic heterocycles. The normalized spacial score (nSPS) is 10.8. The van der Waals surface area contributed by atoms with Crippen molar-refractivity contribution in [2.75, 3.05) is 5.32 Å². The van der Waals surface area contributed by atoms with Crippen LogP contribution in [0.4, 0.5) is 10.3 Å². The third-order valence-corrected chi connectivity index (χ3v) is 4.64. The molecule has 2 heterocycles. The van der Waals surface area contributed by atoms with E-state index in [1.165, 1.54) is 24.0 Å². The van der Waals surface area contributed by atoms with Gasteiger partial charge in [0.25, 0.3) is 5.91 Å². The number of para-hydroxylation sites is 1. The minimum absolute atomic E-state index is 0.0312. The van der Waals surface area contributed by atoms with E-state index in [1.54, 1.807) is 23.7 Å². The van der Waals surface area contributed by atoms with Crippen LogP contribution in [0.25, 0.3) is 0 Å². The molecule has 4 aromatic rings. The topological polar surface area (TPSA) is 95.1 Å². The van der Waals surface area contributed by atoms with Crippen molar-refractivity contribution in [1.82, 2.24) is 19.9 Å². The minimum atomic E-state index is -0.544. The van der Waals surface area contributed by atoms with Crippen molar-refractivity contribution in [3.8, 4) is 5.75 Å². The molecule has 1 N–H and O–H groups in total. The number of carbonyl (C=O) groups excluding carboxylic acids is 1. The van der Waals surface area contributed by atoms with Crippen molar-refractivity contribution >= 4 is 11.9 Å².